The molecule has 3 nitrogen and oxygen atoms in total. The molecule has 3 heteroatoms. The predicted octanol–water partition coefficient (Wildman–Crippen LogP) is 2.10. The third-order valence-corrected chi connectivity index (χ3v) is 2.93. The maximum Gasteiger partial charge on any atom is 0.243 e. The summed E-state index contributed by atoms with van der Waals surface area (Å²) in [5, 5.41) is 9.15. The first-order chi connectivity index (χ1) is 7.02. The number of hydrogen-bond donors (Lipinski definition) is 0. The van der Waals surface area contributed by atoms with Crippen molar-refractivity contribution in [2.45, 2.75) is 32.6 Å². The Hall–Kier alpha value is -1.30. The molecule has 1 fully saturated rings. The van der Waals surface area contributed by atoms with E-state index in [1.807, 2.05) is 6.92 Å². The normalized spacial score (nSPS) is 18.2. The number of carbonyl (C=O) groups is 1. The number of carbonyl (C=O) groups excluding carboxylic acids is 1. The van der Waals surface area contributed by atoms with Crippen molar-refractivity contribution in [2.24, 2.45) is 5.41 Å². The lowest BCUT2D eigenvalue weighted by molar-refractivity contribution is -0.137. The Kier molecular flexibility index (Phi) is 3.52. The number of rotatable bonds is 3. The number of nitriles is 1. The molecule has 0 bridgehead atoms. The van der Waals surface area contributed by atoms with Gasteiger partial charge in [-0.1, -0.05) is 25.0 Å². The third-order valence-electron chi connectivity index (χ3n) is 2.93. The molecule has 82 valence electrons. The van der Waals surface area contributed by atoms with Crippen LogP contribution in [0.2, 0.25) is 0 Å². The largest absolute Gasteiger partial charge is 0.340 e. The maximum absolute atomic E-state index is 12.1. The van der Waals surface area contributed by atoms with Crippen LogP contribution in [0.1, 0.15) is 32.6 Å². The highest BCUT2D eigenvalue weighted by atomic mass is 16.2. The number of nitrogens with zero attached hydrogens (tertiary/aromatic N) is 2. The predicted molar refractivity (Wildman–Crippen MR) is 59.0 cm³/mol. The fourth-order valence-corrected chi connectivity index (χ4v) is 2.19. The van der Waals surface area contributed by atoms with Crippen LogP contribution >= 0.6 is 0 Å². The third kappa shape index (κ3) is 2.38. The Morgan fingerprint density at radius 3 is 2.47 bits per heavy atom. The monoisotopic (exact) mass is 206 g/mol. The van der Waals surface area contributed by atoms with E-state index in [9.17, 15) is 4.79 Å². The lowest BCUT2D eigenvalue weighted by Crippen LogP contribution is -2.40. The Balaban J connectivity index is 2.74. The van der Waals surface area contributed by atoms with Crippen LogP contribution < -0.4 is 0 Å². The average Bonchev–Trinajstić information content (AvgIpc) is 2.65. The summed E-state index contributed by atoms with van der Waals surface area (Å²) in [6.07, 6.45) is 3.39. The second-order valence-electron chi connectivity index (χ2n) is 4.52. The van der Waals surface area contributed by atoms with Gasteiger partial charge in [0.25, 0.3) is 0 Å². The van der Waals surface area contributed by atoms with Gasteiger partial charge >= 0.3 is 0 Å². The van der Waals surface area contributed by atoms with Crippen LogP contribution in [-0.2, 0) is 4.79 Å². The van der Waals surface area contributed by atoms with Crippen LogP contribution in [0.15, 0.2) is 12.2 Å². The Morgan fingerprint density at radius 2 is 2.07 bits per heavy atom. The molecular formula is C12H18N2O. The van der Waals surface area contributed by atoms with E-state index in [2.05, 4.69) is 12.6 Å². The molecule has 0 heterocycles. The van der Waals surface area contributed by atoms with Crippen LogP contribution in [0.5, 0.6) is 0 Å². The topological polar surface area (TPSA) is 44.1 Å². The van der Waals surface area contributed by atoms with E-state index in [-0.39, 0.29) is 5.91 Å². The summed E-state index contributed by atoms with van der Waals surface area (Å²) in [5.41, 5.74) is 0.196. The summed E-state index contributed by atoms with van der Waals surface area (Å²) in [7, 11) is 1.74. The molecule has 0 aromatic carbocycles. The molecule has 0 aromatic heterocycles. The average molecular weight is 206 g/mol. The first kappa shape index (κ1) is 11.8. The van der Waals surface area contributed by atoms with Crippen LogP contribution in [0, 0.1) is 16.7 Å². The number of hydrogen-bond acceptors (Lipinski definition) is 2. The first-order valence-electron chi connectivity index (χ1n) is 5.33. The van der Waals surface area contributed by atoms with Crippen LogP contribution in [0.3, 0.4) is 0 Å². The maximum atomic E-state index is 12.1. The fraction of sp³-hybridized carbons (Fsp3) is 0.667. The fourth-order valence-electron chi connectivity index (χ4n) is 2.19. The van der Waals surface area contributed by atoms with Crippen molar-refractivity contribution in [3.8, 4) is 6.07 Å². The molecule has 0 atom stereocenters. The van der Waals surface area contributed by atoms with Crippen LogP contribution in [-0.4, -0.2) is 24.4 Å². The van der Waals surface area contributed by atoms with Gasteiger partial charge in [0.2, 0.25) is 5.91 Å². The van der Waals surface area contributed by atoms with Gasteiger partial charge in [-0.05, 0) is 19.8 Å². The van der Waals surface area contributed by atoms with E-state index in [4.69, 9.17) is 5.26 Å². The summed E-state index contributed by atoms with van der Waals surface area (Å²) < 4.78 is 0. The zero-order chi connectivity index (χ0) is 11.5. The van der Waals surface area contributed by atoms with Gasteiger partial charge in [0.1, 0.15) is 5.41 Å². The van der Waals surface area contributed by atoms with Crippen molar-refractivity contribution >= 4 is 5.91 Å². The second kappa shape index (κ2) is 4.48. The van der Waals surface area contributed by atoms with E-state index in [1.165, 1.54) is 0 Å². The number of amides is 1. The molecule has 15 heavy (non-hydrogen) atoms. The summed E-state index contributed by atoms with van der Waals surface area (Å²) in [6, 6.07) is 2.21. The zero-order valence-electron chi connectivity index (χ0n) is 9.55. The van der Waals surface area contributed by atoms with Gasteiger partial charge in [-0.3, -0.25) is 4.79 Å². The van der Waals surface area contributed by atoms with Crippen molar-refractivity contribution in [3.05, 3.63) is 12.2 Å². The molecule has 1 saturated carbocycles. The van der Waals surface area contributed by atoms with E-state index >= 15 is 0 Å². The quantitative estimate of drug-likeness (QED) is 0.664. The SMILES string of the molecule is C=C(C)CN(C)C(=O)C1(C#N)CCCC1. The number of likely N-dealkylation sites (N-methyl/N-ethyl adjacent to an activating group) is 1. The Labute approximate surface area is 91.4 Å². The summed E-state index contributed by atoms with van der Waals surface area (Å²) in [4.78, 5) is 13.7. The lowest BCUT2D eigenvalue weighted by Gasteiger charge is -2.26. The van der Waals surface area contributed by atoms with Crippen molar-refractivity contribution < 1.29 is 4.79 Å². The standard InChI is InChI=1S/C12H18N2O/c1-10(2)8-14(3)11(15)12(9-13)6-4-5-7-12/h1,4-8H2,2-3H3. The highest BCUT2D eigenvalue weighted by Gasteiger charge is 2.42. The molecule has 1 amide bonds. The van der Waals surface area contributed by atoms with Crippen LogP contribution in [0.4, 0.5) is 0 Å². The zero-order valence-corrected chi connectivity index (χ0v) is 9.55. The van der Waals surface area contributed by atoms with E-state index in [1.54, 1.807) is 11.9 Å². The minimum absolute atomic E-state index is 0.0366. The van der Waals surface area contributed by atoms with Gasteiger partial charge in [-0.15, -0.1) is 0 Å². The Morgan fingerprint density at radius 1 is 1.53 bits per heavy atom. The molecule has 0 unspecified atom stereocenters. The molecule has 0 N–H and O–H groups in total. The second-order valence-corrected chi connectivity index (χ2v) is 4.52. The van der Waals surface area contributed by atoms with Gasteiger partial charge in [0.15, 0.2) is 0 Å². The van der Waals surface area contributed by atoms with Crippen molar-refractivity contribution in [2.75, 3.05) is 13.6 Å². The highest BCUT2D eigenvalue weighted by molar-refractivity contribution is 5.85. The van der Waals surface area contributed by atoms with Gasteiger partial charge < -0.3 is 4.90 Å². The Bertz CT molecular complexity index is 308. The van der Waals surface area contributed by atoms with Crippen molar-refractivity contribution in [1.82, 2.24) is 4.90 Å². The minimum atomic E-state index is -0.746. The highest BCUT2D eigenvalue weighted by Crippen LogP contribution is 2.38. The molecule has 0 radical (unpaired) electrons. The molecule has 0 aliphatic heterocycles. The molecule has 1 aliphatic carbocycles. The van der Waals surface area contributed by atoms with E-state index in [0.29, 0.717) is 19.4 Å². The van der Waals surface area contributed by atoms with Gasteiger partial charge in [0.05, 0.1) is 6.07 Å². The lowest BCUT2D eigenvalue weighted by atomic mass is 9.86. The molecule has 0 aromatic rings. The smallest absolute Gasteiger partial charge is 0.243 e. The van der Waals surface area contributed by atoms with Gasteiger partial charge in [0, 0.05) is 13.6 Å². The minimum Gasteiger partial charge on any atom is -0.340 e. The molecule has 1 aliphatic rings. The van der Waals surface area contributed by atoms with Crippen molar-refractivity contribution in [3.63, 3.8) is 0 Å². The van der Waals surface area contributed by atoms with E-state index < -0.39 is 5.41 Å². The summed E-state index contributed by atoms with van der Waals surface area (Å²) in [6.45, 7) is 6.21. The molecular weight excluding hydrogens is 188 g/mol. The van der Waals surface area contributed by atoms with E-state index in [0.717, 1.165) is 18.4 Å². The van der Waals surface area contributed by atoms with Crippen LogP contribution in [0.25, 0.3) is 0 Å². The van der Waals surface area contributed by atoms with Gasteiger partial charge in [-0.2, -0.15) is 5.26 Å². The van der Waals surface area contributed by atoms with Crippen molar-refractivity contribution in [1.29, 1.82) is 5.26 Å². The summed E-state index contributed by atoms with van der Waals surface area (Å²) >= 11 is 0. The molecule has 1 rings (SSSR count). The first-order valence-corrected chi connectivity index (χ1v) is 5.33. The molecule has 0 spiro atoms. The van der Waals surface area contributed by atoms with Gasteiger partial charge in [-0.25, -0.2) is 0 Å². The summed E-state index contributed by atoms with van der Waals surface area (Å²) in [5.74, 6) is -0.0366. The molecule has 0 saturated heterocycles.